The Morgan fingerprint density at radius 3 is 2.63 bits per heavy atom. The zero-order valence-electron chi connectivity index (χ0n) is 15.1. The lowest BCUT2D eigenvalue weighted by Gasteiger charge is -2.34. The molecule has 1 amide bonds. The number of benzene rings is 1. The number of hydrogen-bond acceptors (Lipinski definition) is 6. The molecule has 27 heavy (non-hydrogen) atoms. The van der Waals surface area contributed by atoms with Gasteiger partial charge in [0, 0.05) is 43.5 Å². The number of carbonyl (C=O) groups is 1. The number of aryl methyl sites for hydroxylation is 1. The summed E-state index contributed by atoms with van der Waals surface area (Å²) < 4.78 is 0. The third-order valence-electron chi connectivity index (χ3n) is 4.85. The SMILES string of the molecule is CCc1nc(CN2CCN(C(=O)c3n[nH]c(=O)c4ccccc34)CC2)cs1. The summed E-state index contributed by atoms with van der Waals surface area (Å²) in [6.07, 6.45) is 0.965. The van der Waals surface area contributed by atoms with Crippen LogP contribution in [0.3, 0.4) is 0 Å². The Bertz CT molecular complexity index is 1020. The van der Waals surface area contributed by atoms with Crippen molar-refractivity contribution in [2.75, 3.05) is 26.2 Å². The molecule has 2 aromatic heterocycles. The molecule has 0 saturated carbocycles. The maximum atomic E-state index is 12.9. The highest BCUT2D eigenvalue weighted by molar-refractivity contribution is 7.09. The number of rotatable bonds is 4. The molecule has 1 aromatic carbocycles. The maximum absolute atomic E-state index is 12.9. The van der Waals surface area contributed by atoms with Gasteiger partial charge in [0.1, 0.15) is 0 Å². The molecule has 0 bridgehead atoms. The first kappa shape index (κ1) is 17.8. The van der Waals surface area contributed by atoms with Crippen molar-refractivity contribution in [3.63, 3.8) is 0 Å². The summed E-state index contributed by atoms with van der Waals surface area (Å²) in [7, 11) is 0. The Hall–Kier alpha value is -2.58. The van der Waals surface area contributed by atoms with E-state index in [1.807, 2.05) is 11.0 Å². The van der Waals surface area contributed by atoms with Crippen molar-refractivity contribution in [2.45, 2.75) is 19.9 Å². The second-order valence-electron chi connectivity index (χ2n) is 6.60. The smallest absolute Gasteiger partial charge is 0.275 e. The van der Waals surface area contributed by atoms with Gasteiger partial charge in [0.05, 0.1) is 16.1 Å². The van der Waals surface area contributed by atoms with Gasteiger partial charge < -0.3 is 4.90 Å². The van der Waals surface area contributed by atoms with Crippen molar-refractivity contribution in [2.24, 2.45) is 0 Å². The molecule has 8 heteroatoms. The maximum Gasteiger partial charge on any atom is 0.275 e. The minimum Gasteiger partial charge on any atom is -0.335 e. The predicted octanol–water partition coefficient (Wildman–Crippen LogP) is 1.90. The topological polar surface area (TPSA) is 82.2 Å². The van der Waals surface area contributed by atoms with Crippen LogP contribution in [0, 0.1) is 0 Å². The van der Waals surface area contributed by atoms with E-state index in [2.05, 4.69) is 32.4 Å². The number of nitrogens with one attached hydrogen (secondary N) is 1. The first-order chi connectivity index (χ1) is 13.2. The van der Waals surface area contributed by atoms with Crippen LogP contribution >= 0.6 is 11.3 Å². The first-order valence-corrected chi connectivity index (χ1v) is 9.96. The zero-order valence-corrected chi connectivity index (χ0v) is 16.0. The van der Waals surface area contributed by atoms with Crippen LogP contribution in [0.5, 0.6) is 0 Å². The lowest BCUT2D eigenvalue weighted by atomic mass is 10.1. The van der Waals surface area contributed by atoms with Gasteiger partial charge in [-0.2, -0.15) is 5.10 Å². The van der Waals surface area contributed by atoms with Crippen LogP contribution in [0.15, 0.2) is 34.4 Å². The van der Waals surface area contributed by atoms with Crippen LogP contribution in [0.1, 0.15) is 28.1 Å². The van der Waals surface area contributed by atoms with Crippen molar-refractivity contribution < 1.29 is 4.79 Å². The Balaban J connectivity index is 1.45. The number of nitrogens with zero attached hydrogens (tertiary/aromatic N) is 4. The number of piperazine rings is 1. The standard InChI is InChI=1S/C19H21N5O2S/c1-2-16-20-13(12-27-16)11-23-7-9-24(10-8-23)19(26)17-14-5-3-4-6-15(14)18(25)22-21-17/h3-6,12H,2,7-11H2,1H3,(H,22,25). The molecule has 0 unspecified atom stereocenters. The van der Waals surface area contributed by atoms with E-state index >= 15 is 0 Å². The van der Waals surface area contributed by atoms with E-state index in [4.69, 9.17) is 0 Å². The molecular formula is C19H21N5O2S. The molecule has 1 aliphatic rings. The van der Waals surface area contributed by atoms with E-state index in [1.165, 1.54) is 0 Å². The Morgan fingerprint density at radius 2 is 1.93 bits per heavy atom. The average molecular weight is 383 g/mol. The Kier molecular flexibility index (Phi) is 5.00. The molecule has 0 aliphatic carbocycles. The number of aromatic amines is 1. The van der Waals surface area contributed by atoms with Gasteiger partial charge in [0.15, 0.2) is 5.69 Å². The molecule has 1 saturated heterocycles. The molecule has 0 spiro atoms. The van der Waals surface area contributed by atoms with Gasteiger partial charge in [-0.1, -0.05) is 25.1 Å². The molecule has 3 heterocycles. The average Bonchev–Trinajstić information content (AvgIpc) is 3.16. The highest BCUT2D eigenvalue weighted by Crippen LogP contribution is 2.17. The fourth-order valence-electron chi connectivity index (χ4n) is 3.35. The van der Waals surface area contributed by atoms with Gasteiger partial charge in [-0.25, -0.2) is 10.1 Å². The van der Waals surface area contributed by atoms with E-state index < -0.39 is 0 Å². The van der Waals surface area contributed by atoms with Crippen LogP contribution in [-0.2, 0) is 13.0 Å². The van der Waals surface area contributed by atoms with Gasteiger partial charge in [-0.05, 0) is 12.5 Å². The summed E-state index contributed by atoms with van der Waals surface area (Å²) >= 11 is 1.70. The van der Waals surface area contributed by atoms with Crippen LogP contribution in [-0.4, -0.2) is 57.1 Å². The summed E-state index contributed by atoms with van der Waals surface area (Å²) in [5.41, 5.74) is 1.14. The van der Waals surface area contributed by atoms with Crippen molar-refractivity contribution in [3.05, 3.63) is 56.4 Å². The number of thiazole rings is 1. The van der Waals surface area contributed by atoms with E-state index in [9.17, 15) is 9.59 Å². The van der Waals surface area contributed by atoms with Crippen molar-refractivity contribution in [1.29, 1.82) is 0 Å². The van der Waals surface area contributed by atoms with Gasteiger partial charge in [-0.3, -0.25) is 14.5 Å². The van der Waals surface area contributed by atoms with Crippen molar-refractivity contribution in [3.8, 4) is 0 Å². The summed E-state index contributed by atoms with van der Waals surface area (Å²) in [5.74, 6) is -0.135. The van der Waals surface area contributed by atoms with Crippen molar-refractivity contribution in [1.82, 2.24) is 25.0 Å². The number of fused-ring (bicyclic) bond motifs is 1. The van der Waals surface area contributed by atoms with Crippen molar-refractivity contribution >= 4 is 28.0 Å². The lowest BCUT2D eigenvalue weighted by Crippen LogP contribution is -2.48. The van der Waals surface area contributed by atoms with Gasteiger partial charge in [0.25, 0.3) is 11.5 Å². The van der Waals surface area contributed by atoms with E-state index in [-0.39, 0.29) is 11.5 Å². The third-order valence-corrected chi connectivity index (χ3v) is 5.89. The van der Waals surface area contributed by atoms with Gasteiger partial charge in [-0.15, -0.1) is 11.3 Å². The molecule has 7 nitrogen and oxygen atoms in total. The van der Waals surface area contributed by atoms with E-state index in [0.29, 0.717) is 29.6 Å². The summed E-state index contributed by atoms with van der Waals surface area (Å²) in [6.45, 7) is 5.80. The second-order valence-corrected chi connectivity index (χ2v) is 7.54. The summed E-state index contributed by atoms with van der Waals surface area (Å²) in [5, 5.41) is 10.8. The Labute approximate surface area is 160 Å². The molecule has 4 rings (SSSR count). The van der Waals surface area contributed by atoms with Crippen LogP contribution in [0.25, 0.3) is 10.8 Å². The molecule has 0 atom stereocenters. The minimum absolute atomic E-state index is 0.135. The summed E-state index contributed by atoms with van der Waals surface area (Å²) in [4.78, 5) is 33.6. The van der Waals surface area contributed by atoms with Gasteiger partial charge >= 0.3 is 0 Å². The molecular weight excluding hydrogens is 362 g/mol. The van der Waals surface area contributed by atoms with Gasteiger partial charge in [0.2, 0.25) is 0 Å². The van der Waals surface area contributed by atoms with Crippen LogP contribution in [0.4, 0.5) is 0 Å². The third kappa shape index (κ3) is 3.63. The quantitative estimate of drug-likeness (QED) is 0.744. The minimum atomic E-state index is -0.276. The number of amides is 1. The van der Waals surface area contributed by atoms with E-state index in [0.717, 1.165) is 36.8 Å². The largest absolute Gasteiger partial charge is 0.335 e. The second kappa shape index (κ2) is 7.58. The number of aromatic nitrogens is 3. The lowest BCUT2D eigenvalue weighted by molar-refractivity contribution is 0.0622. The monoisotopic (exact) mass is 383 g/mol. The predicted molar refractivity (Wildman–Crippen MR) is 105 cm³/mol. The number of carbonyl (C=O) groups excluding carboxylic acids is 1. The molecule has 1 fully saturated rings. The fraction of sp³-hybridized carbons (Fsp3) is 0.368. The molecule has 1 aliphatic heterocycles. The number of H-pyrrole nitrogens is 1. The highest BCUT2D eigenvalue weighted by atomic mass is 32.1. The van der Waals surface area contributed by atoms with Crippen LogP contribution < -0.4 is 5.56 Å². The fourth-order valence-corrected chi connectivity index (χ4v) is 4.09. The molecule has 3 aromatic rings. The van der Waals surface area contributed by atoms with E-state index in [1.54, 1.807) is 29.5 Å². The summed E-state index contributed by atoms with van der Waals surface area (Å²) in [6, 6.07) is 7.08. The Morgan fingerprint density at radius 1 is 1.19 bits per heavy atom. The highest BCUT2D eigenvalue weighted by Gasteiger charge is 2.25. The molecule has 140 valence electrons. The first-order valence-electron chi connectivity index (χ1n) is 9.08. The molecule has 0 radical (unpaired) electrons. The normalized spacial score (nSPS) is 15.4. The zero-order chi connectivity index (χ0) is 18.8. The number of hydrogen-bond donors (Lipinski definition) is 1. The van der Waals surface area contributed by atoms with Crippen LogP contribution in [0.2, 0.25) is 0 Å². The molecule has 1 N–H and O–H groups in total.